The SMILES string of the molecule is Clc1cc(CNOCc2ccccc2)cc2c1OCCO2. The van der Waals surface area contributed by atoms with Gasteiger partial charge in [0.1, 0.15) is 13.2 Å². The monoisotopic (exact) mass is 305 g/mol. The summed E-state index contributed by atoms with van der Waals surface area (Å²) in [6.07, 6.45) is 0. The highest BCUT2D eigenvalue weighted by Crippen LogP contribution is 2.38. The second-order valence-corrected chi connectivity index (χ2v) is 5.10. The third-order valence-corrected chi connectivity index (χ3v) is 3.40. The first-order chi connectivity index (χ1) is 10.3. The van der Waals surface area contributed by atoms with Gasteiger partial charge in [0.05, 0.1) is 11.6 Å². The average Bonchev–Trinajstić information content (AvgIpc) is 2.53. The molecule has 0 unspecified atom stereocenters. The fraction of sp³-hybridized carbons (Fsp3) is 0.250. The molecule has 0 aliphatic carbocycles. The van der Waals surface area contributed by atoms with Gasteiger partial charge in [0.25, 0.3) is 0 Å². The number of ether oxygens (including phenoxy) is 2. The smallest absolute Gasteiger partial charge is 0.179 e. The first-order valence-corrected chi connectivity index (χ1v) is 7.17. The van der Waals surface area contributed by atoms with Gasteiger partial charge in [-0.2, -0.15) is 5.48 Å². The first kappa shape index (κ1) is 14.2. The lowest BCUT2D eigenvalue weighted by Gasteiger charge is -2.20. The number of hydrogen-bond acceptors (Lipinski definition) is 4. The number of benzene rings is 2. The van der Waals surface area contributed by atoms with Crippen molar-refractivity contribution in [1.29, 1.82) is 0 Å². The quantitative estimate of drug-likeness (QED) is 0.679. The van der Waals surface area contributed by atoms with E-state index in [0.29, 0.717) is 42.9 Å². The van der Waals surface area contributed by atoms with Gasteiger partial charge >= 0.3 is 0 Å². The molecule has 0 amide bonds. The van der Waals surface area contributed by atoms with Gasteiger partial charge in [0.15, 0.2) is 11.5 Å². The Hall–Kier alpha value is -1.75. The highest BCUT2D eigenvalue weighted by atomic mass is 35.5. The summed E-state index contributed by atoms with van der Waals surface area (Å²) in [7, 11) is 0. The Labute approximate surface area is 128 Å². The van der Waals surface area contributed by atoms with Crippen molar-refractivity contribution in [2.24, 2.45) is 0 Å². The molecule has 0 bridgehead atoms. The number of hydrogen-bond donors (Lipinski definition) is 1. The Kier molecular flexibility index (Phi) is 4.60. The summed E-state index contributed by atoms with van der Waals surface area (Å²) in [4.78, 5) is 5.44. The third kappa shape index (κ3) is 3.67. The molecule has 2 aromatic carbocycles. The third-order valence-electron chi connectivity index (χ3n) is 3.12. The zero-order valence-corrected chi connectivity index (χ0v) is 12.2. The van der Waals surface area contributed by atoms with Crippen LogP contribution in [0.15, 0.2) is 42.5 Å². The van der Waals surface area contributed by atoms with Crippen molar-refractivity contribution in [3.63, 3.8) is 0 Å². The summed E-state index contributed by atoms with van der Waals surface area (Å²) in [5.41, 5.74) is 5.03. The Morgan fingerprint density at radius 1 is 1.05 bits per heavy atom. The molecule has 5 heteroatoms. The highest BCUT2D eigenvalue weighted by Gasteiger charge is 2.16. The number of nitrogens with one attached hydrogen (secondary N) is 1. The molecule has 1 aliphatic heterocycles. The van der Waals surface area contributed by atoms with Crippen molar-refractivity contribution in [3.8, 4) is 11.5 Å². The van der Waals surface area contributed by atoms with Crippen LogP contribution in [0.25, 0.3) is 0 Å². The van der Waals surface area contributed by atoms with Crippen LogP contribution in [0.4, 0.5) is 0 Å². The Morgan fingerprint density at radius 3 is 2.71 bits per heavy atom. The number of fused-ring (bicyclic) bond motifs is 1. The normalized spacial score (nSPS) is 13.2. The standard InChI is InChI=1S/C16H16ClNO3/c17-14-8-13(9-15-16(14)20-7-6-19-15)10-18-21-11-12-4-2-1-3-5-12/h1-5,8-9,18H,6-7,10-11H2. The fourth-order valence-electron chi connectivity index (χ4n) is 2.11. The minimum Gasteiger partial charge on any atom is -0.486 e. The predicted molar refractivity (Wildman–Crippen MR) is 80.5 cm³/mol. The first-order valence-electron chi connectivity index (χ1n) is 6.79. The van der Waals surface area contributed by atoms with Gasteiger partial charge in [-0.15, -0.1) is 0 Å². The van der Waals surface area contributed by atoms with Gasteiger partial charge in [0.2, 0.25) is 0 Å². The minimum atomic E-state index is 0.513. The van der Waals surface area contributed by atoms with Gasteiger partial charge in [0, 0.05) is 6.54 Å². The number of halogens is 1. The lowest BCUT2D eigenvalue weighted by molar-refractivity contribution is 0.0234. The fourth-order valence-corrected chi connectivity index (χ4v) is 2.40. The summed E-state index contributed by atoms with van der Waals surface area (Å²) >= 11 is 6.18. The van der Waals surface area contributed by atoms with Crippen LogP contribution in [-0.4, -0.2) is 13.2 Å². The zero-order valence-electron chi connectivity index (χ0n) is 11.5. The second-order valence-electron chi connectivity index (χ2n) is 4.70. The number of hydroxylamine groups is 1. The summed E-state index contributed by atoms with van der Waals surface area (Å²) in [6, 6.07) is 13.8. The van der Waals surface area contributed by atoms with Gasteiger partial charge in [-0.25, -0.2) is 0 Å². The van der Waals surface area contributed by atoms with E-state index in [1.165, 1.54) is 0 Å². The van der Waals surface area contributed by atoms with Crippen molar-refractivity contribution in [3.05, 3.63) is 58.6 Å². The maximum absolute atomic E-state index is 6.18. The van der Waals surface area contributed by atoms with Crippen molar-refractivity contribution in [2.45, 2.75) is 13.2 Å². The van der Waals surface area contributed by atoms with Crippen molar-refractivity contribution in [2.75, 3.05) is 13.2 Å². The molecule has 4 nitrogen and oxygen atoms in total. The molecule has 1 aliphatic rings. The van der Waals surface area contributed by atoms with Gasteiger partial charge in [-0.05, 0) is 23.3 Å². The van der Waals surface area contributed by atoms with Crippen LogP contribution in [-0.2, 0) is 18.0 Å². The Balaban J connectivity index is 1.55. The van der Waals surface area contributed by atoms with Crippen molar-refractivity contribution >= 4 is 11.6 Å². The van der Waals surface area contributed by atoms with Crippen molar-refractivity contribution < 1.29 is 14.3 Å². The maximum atomic E-state index is 6.18. The predicted octanol–water partition coefficient (Wildman–Crippen LogP) is 3.33. The van der Waals surface area contributed by atoms with E-state index in [9.17, 15) is 0 Å². The Morgan fingerprint density at radius 2 is 1.86 bits per heavy atom. The molecule has 0 radical (unpaired) electrons. The van der Waals surface area contributed by atoms with E-state index in [2.05, 4.69) is 5.48 Å². The van der Waals surface area contributed by atoms with Crippen molar-refractivity contribution in [1.82, 2.24) is 5.48 Å². The summed E-state index contributed by atoms with van der Waals surface area (Å²) in [6.45, 7) is 2.14. The van der Waals surface area contributed by atoms with E-state index in [-0.39, 0.29) is 0 Å². The molecule has 0 aromatic heterocycles. The van der Waals surface area contributed by atoms with E-state index in [1.807, 2.05) is 42.5 Å². The van der Waals surface area contributed by atoms with E-state index in [4.69, 9.17) is 25.9 Å². The topological polar surface area (TPSA) is 39.7 Å². The van der Waals surface area contributed by atoms with Crippen LogP contribution in [0.2, 0.25) is 5.02 Å². The molecule has 3 rings (SSSR count). The molecule has 0 spiro atoms. The summed E-state index contributed by atoms with van der Waals surface area (Å²) in [5.74, 6) is 1.31. The minimum absolute atomic E-state index is 0.513. The lowest BCUT2D eigenvalue weighted by atomic mass is 10.2. The molecule has 110 valence electrons. The van der Waals surface area contributed by atoms with E-state index in [1.54, 1.807) is 0 Å². The van der Waals surface area contributed by atoms with Crippen LogP contribution in [0.5, 0.6) is 11.5 Å². The summed E-state index contributed by atoms with van der Waals surface area (Å²) < 4.78 is 11.0. The molecular formula is C16H16ClNO3. The molecule has 2 aromatic rings. The van der Waals surface area contributed by atoms with Crippen LogP contribution in [0.3, 0.4) is 0 Å². The Bertz CT molecular complexity index is 604. The molecular weight excluding hydrogens is 290 g/mol. The van der Waals surface area contributed by atoms with E-state index in [0.717, 1.165) is 11.1 Å². The molecule has 1 N–H and O–H groups in total. The van der Waals surface area contributed by atoms with Crippen LogP contribution < -0.4 is 15.0 Å². The van der Waals surface area contributed by atoms with Gasteiger partial charge in [-0.1, -0.05) is 41.9 Å². The van der Waals surface area contributed by atoms with Crippen LogP contribution in [0.1, 0.15) is 11.1 Å². The molecule has 21 heavy (non-hydrogen) atoms. The average molecular weight is 306 g/mol. The highest BCUT2D eigenvalue weighted by molar-refractivity contribution is 6.32. The molecule has 0 saturated carbocycles. The van der Waals surface area contributed by atoms with Gasteiger partial charge in [-0.3, -0.25) is 4.84 Å². The maximum Gasteiger partial charge on any atom is 0.179 e. The summed E-state index contributed by atoms with van der Waals surface area (Å²) in [5, 5.41) is 0.562. The van der Waals surface area contributed by atoms with Crippen LogP contribution in [0, 0.1) is 0 Å². The molecule has 0 fully saturated rings. The van der Waals surface area contributed by atoms with E-state index >= 15 is 0 Å². The lowest BCUT2D eigenvalue weighted by Crippen LogP contribution is -2.17. The number of rotatable bonds is 5. The molecule has 0 atom stereocenters. The molecule has 0 saturated heterocycles. The van der Waals surface area contributed by atoms with Crippen LogP contribution >= 0.6 is 11.6 Å². The zero-order chi connectivity index (χ0) is 14.5. The second kappa shape index (κ2) is 6.80. The van der Waals surface area contributed by atoms with E-state index < -0.39 is 0 Å². The van der Waals surface area contributed by atoms with Gasteiger partial charge < -0.3 is 9.47 Å². The largest absolute Gasteiger partial charge is 0.486 e. The molecule has 1 heterocycles.